The maximum Gasteiger partial charge on any atom is 0.0794 e. The SMILES string of the molecule is C#CCc1cncs1. The fourth-order valence-electron chi connectivity index (χ4n) is 0.430. The van der Waals surface area contributed by atoms with Crippen LogP contribution in [0.3, 0.4) is 0 Å². The van der Waals surface area contributed by atoms with Gasteiger partial charge in [0.25, 0.3) is 0 Å². The average Bonchev–Trinajstić information content (AvgIpc) is 2.19. The van der Waals surface area contributed by atoms with Crippen LogP contribution in [-0.4, -0.2) is 4.98 Å². The Balaban J connectivity index is 2.67. The molecule has 0 amide bonds. The van der Waals surface area contributed by atoms with Crippen molar-refractivity contribution >= 4 is 11.3 Å². The van der Waals surface area contributed by atoms with Crippen molar-refractivity contribution in [3.05, 3.63) is 16.6 Å². The van der Waals surface area contributed by atoms with Gasteiger partial charge in [-0.15, -0.1) is 23.7 Å². The lowest BCUT2D eigenvalue weighted by Gasteiger charge is -1.77. The number of thiazole rings is 1. The molecule has 0 radical (unpaired) electrons. The van der Waals surface area contributed by atoms with Crippen LogP contribution in [0.25, 0.3) is 0 Å². The first-order valence-electron chi connectivity index (χ1n) is 2.24. The summed E-state index contributed by atoms with van der Waals surface area (Å²) in [6.45, 7) is 0. The summed E-state index contributed by atoms with van der Waals surface area (Å²) in [5.41, 5.74) is 1.78. The molecule has 0 atom stereocenters. The minimum atomic E-state index is 0.713. The lowest BCUT2D eigenvalue weighted by atomic mass is 10.4. The van der Waals surface area contributed by atoms with Gasteiger partial charge in [0.2, 0.25) is 0 Å². The van der Waals surface area contributed by atoms with Gasteiger partial charge < -0.3 is 0 Å². The predicted molar refractivity (Wildman–Crippen MR) is 34.7 cm³/mol. The van der Waals surface area contributed by atoms with Crippen LogP contribution in [0.4, 0.5) is 0 Å². The predicted octanol–water partition coefficient (Wildman–Crippen LogP) is 1.32. The zero-order chi connectivity index (χ0) is 5.82. The van der Waals surface area contributed by atoms with Crippen LogP contribution in [0, 0.1) is 12.3 Å². The summed E-state index contributed by atoms with van der Waals surface area (Å²) in [6, 6.07) is 0. The van der Waals surface area contributed by atoms with E-state index in [9.17, 15) is 0 Å². The van der Waals surface area contributed by atoms with E-state index < -0.39 is 0 Å². The molecule has 1 rings (SSSR count). The highest BCUT2D eigenvalue weighted by Crippen LogP contribution is 2.04. The Morgan fingerprint density at radius 1 is 1.88 bits per heavy atom. The van der Waals surface area contributed by atoms with Crippen LogP contribution in [0.1, 0.15) is 4.88 Å². The summed E-state index contributed by atoms with van der Waals surface area (Å²) < 4.78 is 0. The van der Waals surface area contributed by atoms with E-state index >= 15 is 0 Å². The van der Waals surface area contributed by atoms with E-state index in [0.717, 1.165) is 4.88 Å². The van der Waals surface area contributed by atoms with E-state index in [1.807, 2.05) is 0 Å². The fraction of sp³-hybridized carbons (Fsp3) is 0.167. The van der Waals surface area contributed by atoms with Crippen molar-refractivity contribution in [2.45, 2.75) is 6.42 Å². The van der Waals surface area contributed by atoms with Gasteiger partial charge in [0.1, 0.15) is 0 Å². The molecule has 0 spiro atoms. The maximum absolute atomic E-state index is 5.05. The second-order valence-electron chi connectivity index (χ2n) is 1.35. The Bertz CT molecular complexity index is 183. The fourth-order valence-corrected chi connectivity index (χ4v) is 0.976. The molecule has 0 fully saturated rings. The summed E-state index contributed by atoms with van der Waals surface area (Å²) >= 11 is 1.59. The van der Waals surface area contributed by atoms with E-state index in [1.165, 1.54) is 0 Å². The maximum atomic E-state index is 5.05. The first-order valence-corrected chi connectivity index (χ1v) is 3.12. The standard InChI is InChI=1S/C6H5NS/c1-2-3-6-4-7-5-8-6/h1,4-5H,3H2. The van der Waals surface area contributed by atoms with Crippen LogP contribution in [-0.2, 0) is 6.42 Å². The Hall–Kier alpha value is -0.810. The third-order valence-electron chi connectivity index (χ3n) is 0.760. The third-order valence-corrected chi connectivity index (χ3v) is 1.54. The molecular formula is C6H5NS. The first kappa shape index (κ1) is 5.33. The minimum Gasteiger partial charge on any atom is -0.253 e. The van der Waals surface area contributed by atoms with Gasteiger partial charge in [-0.25, -0.2) is 0 Å². The number of terminal acetylenes is 1. The van der Waals surface area contributed by atoms with Crippen LogP contribution >= 0.6 is 11.3 Å². The number of nitrogens with zero attached hydrogens (tertiary/aromatic N) is 1. The van der Waals surface area contributed by atoms with Crippen molar-refractivity contribution in [3.8, 4) is 12.3 Å². The molecule has 0 saturated heterocycles. The van der Waals surface area contributed by atoms with Crippen LogP contribution in [0.5, 0.6) is 0 Å². The molecule has 1 heterocycles. The zero-order valence-electron chi connectivity index (χ0n) is 4.29. The van der Waals surface area contributed by atoms with Gasteiger partial charge in [0.05, 0.1) is 5.51 Å². The van der Waals surface area contributed by atoms with Crippen molar-refractivity contribution < 1.29 is 0 Å². The van der Waals surface area contributed by atoms with Crippen molar-refractivity contribution in [2.75, 3.05) is 0 Å². The highest BCUT2D eigenvalue weighted by atomic mass is 32.1. The molecule has 0 aromatic carbocycles. The molecule has 0 aliphatic carbocycles. The molecule has 0 bridgehead atoms. The molecule has 2 heteroatoms. The Labute approximate surface area is 52.4 Å². The smallest absolute Gasteiger partial charge is 0.0794 e. The van der Waals surface area contributed by atoms with Gasteiger partial charge in [-0.3, -0.25) is 4.98 Å². The highest BCUT2D eigenvalue weighted by molar-refractivity contribution is 7.09. The van der Waals surface area contributed by atoms with Gasteiger partial charge in [0.15, 0.2) is 0 Å². The molecule has 1 nitrogen and oxygen atoms in total. The molecule has 0 aliphatic rings. The number of aromatic nitrogens is 1. The van der Waals surface area contributed by atoms with Crippen LogP contribution < -0.4 is 0 Å². The Morgan fingerprint density at radius 2 is 2.75 bits per heavy atom. The van der Waals surface area contributed by atoms with E-state index in [1.54, 1.807) is 23.0 Å². The zero-order valence-corrected chi connectivity index (χ0v) is 5.11. The summed E-state index contributed by atoms with van der Waals surface area (Å²) in [5, 5.41) is 0. The van der Waals surface area contributed by atoms with Crippen molar-refractivity contribution in [1.82, 2.24) is 4.98 Å². The molecule has 0 saturated carbocycles. The Morgan fingerprint density at radius 3 is 3.25 bits per heavy atom. The Kier molecular flexibility index (Phi) is 1.66. The first-order chi connectivity index (χ1) is 3.93. The third kappa shape index (κ3) is 1.08. The lowest BCUT2D eigenvalue weighted by Crippen LogP contribution is -1.68. The van der Waals surface area contributed by atoms with E-state index in [0.29, 0.717) is 6.42 Å². The van der Waals surface area contributed by atoms with Crippen molar-refractivity contribution in [3.63, 3.8) is 0 Å². The quantitative estimate of drug-likeness (QED) is 0.513. The van der Waals surface area contributed by atoms with Crippen LogP contribution in [0.2, 0.25) is 0 Å². The molecule has 0 unspecified atom stereocenters. The van der Waals surface area contributed by atoms with E-state index in [-0.39, 0.29) is 0 Å². The molecule has 0 aliphatic heterocycles. The largest absolute Gasteiger partial charge is 0.253 e. The van der Waals surface area contributed by atoms with E-state index in [4.69, 9.17) is 6.42 Å². The molecule has 40 valence electrons. The molecular weight excluding hydrogens is 118 g/mol. The van der Waals surface area contributed by atoms with E-state index in [2.05, 4.69) is 10.9 Å². The summed E-state index contributed by atoms with van der Waals surface area (Å²) in [6.07, 6.45) is 7.56. The van der Waals surface area contributed by atoms with Gasteiger partial charge in [0, 0.05) is 17.5 Å². The summed E-state index contributed by atoms with van der Waals surface area (Å²) in [5.74, 6) is 2.54. The van der Waals surface area contributed by atoms with Gasteiger partial charge in [-0.2, -0.15) is 0 Å². The number of hydrogen-bond donors (Lipinski definition) is 0. The van der Waals surface area contributed by atoms with Crippen molar-refractivity contribution in [1.29, 1.82) is 0 Å². The van der Waals surface area contributed by atoms with Crippen LogP contribution in [0.15, 0.2) is 11.7 Å². The molecule has 0 N–H and O–H groups in total. The monoisotopic (exact) mass is 123 g/mol. The van der Waals surface area contributed by atoms with Gasteiger partial charge in [-0.1, -0.05) is 0 Å². The highest BCUT2D eigenvalue weighted by Gasteiger charge is 1.86. The second-order valence-corrected chi connectivity index (χ2v) is 2.32. The molecule has 1 aromatic rings. The van der Waals surface area contributed by atoms with Crippen molar-refractivity contribution in [2.24, 2.45) is 0 Å². The molecule has 1 aromatic heterocycles. The number of hydrogen-bond acceptors (Lipinski definition) is 2. The van der Waals surface area contributed by atoms with Gasteiger partial charge in [-0.05, 0) is 0 Å². The normalized spacial score (nSPS) is 8.38. The van der Waals surface area contributed by atoms with Gasteiger partial charge >= 0.3 is 0 Å². The molecule has 8 heavy (non-hydrogen) atoms. The number of rotatable bonds is 1. The summed E-state index contributed by atoms with van der Waals surface area (Å²) in [7, 11) is 0. The lowest BCUT2D eigenvalue weighted by molar-refractivity contribution is 1.33. The second kappa shape index (κ2) is 2.49. The topological polar surface area (TPSA) is 12.9 Å². The summed E-state index contributed by atoms with van der Waals surface area (Å²) in [4.78, 5) is 5.02. The average molecular weight is 123 g/mol. The minimum absolute atomic E-state index is 0.713.